The van der Waals surface area contributed by atoms with Crippen LogP contribution in [-0.2, 0) is 10.0 Å². The molecule has 1 N–H and O–H groups in total. The first-order valence-corrected chi connectivity index (χ1v) is 10.7. The molecule has 0 fully saturated rings. The zero-order valence-electron chi connectivity index (χ0n) is 15.7. The molecule has 3 rings (SSSR count). The van der Waals surface area contributed by atoms with Crippen molar-refractivity contribution in [2.75, 3.05) is 19.4 Å². The normalized spacial score (nSPS) is 11.3. The van der Waals surface area contributed by atoms with Gasteiger partial charge >= 0.3 is 0 Å². The van der Waals surface area contributed by atoms with Gasteiger partial charge in [0, 0.05) is 30.8 Å². The molecule has 0 aliphatic carbocycles. The van der Waals surface area contributed by atoms with E-state index in [2.05, 4.69) is 26.2 Å². The summed E-state index contributed by atoms with van der Waals surface area (Å²) in [5, 5.41) is 2.63. The lowest BCUT2D eigenvalue weighted by atomic mass is 10.2. The molecule has 0 atom stereocenters. The van der Waals surface area contributed by atoms with E-state index in [1.54, 1.807) is 36.4 Å². The van der Waals surface area contributed by atoms with Crippen LogP contribution in [0.2, 0.25) is 0 Å². The highest BCUT2D eigenvalue weighted by Crippen LogP contribution is 2.25. The van der Waals surface area contributed by atoms with Crippen LogP contribution in [0.15, 0.2) is 76.2 Å². The summed E-state index contributed by atoms with van der Waals surface area (Å²) in [4.78, 5) is 16.7. The van der Waals surface area contributed by atoms with Crippen molar-refractivity contribution < 1.29 is 17.9 Å². The molecule has 9 heteroatoms. The zero-order valence-corrected chi connectivity index (χ0v) is 18.1. The number of pyridine rings is 1. The SMILES string of the molecule is CN(C)S(=O)(=O)c1ccccc1NC(=O)c1ccc(Oc2cccc(Br)c2)nc1. The minimum absolute atomic E-state index is 0.0147. The number of anilines is 1. The number of benzene rings is 2. The van der Waals surface area contributed by atoms with Crippen LogP contribution in [0.3, 0.4) is 0 Å². The number of carbonyl (C=O) groups is 1. The predicted octanol–water partition coefficient (Wildman–Crippen LogP) is 4.14. The van der Waals surface area contributed by atoms with Gasteiger partial charge in [0.25, 0.3) is 5.91 Å². The van der Waals surface area contributed by atoms with Crippen LogP contribution in [-0.4, -0.2) is 37.7 Å². The number of ether oxygens (including phenoxy) is 1. The second kappa shape index (κ2) is 8.73. The average molecular weight is 476 g/mol. The van der Waals surface area contributed by atoms with E-state index in [1.165, 1.54) is 32.4 Å². The highest BCUT2D eigenvalue weighted by molar-refractivity contribution is 9.10. The number of hydrogen-bond donors (Lipinski definition) is 1. The summed E-state index contributed by atoms with van der Waals surface area (Å²) in [6, 6.07) is 16.6. The third-order valence-electron chi connectivity index (χ3n) is 3.91. The molecule has 1 heterocycles. The Hall–Kier alpha value is -2.75. The van der Waals surface area contributed by atoms with E-state index >= 15 is 0 Å². The first-order valence-electron chi connectivity index (χ1n) is 8.50. The van der Waals surface area contributed by atoms with Crippen molar-refractivity contribution >= 4 is 37.5 Å². The highest BCUT2D eigenvalue weighted by atomic mass is 79.9. The fourth-order valence-corrected chi connectivity index (χ4v) is 3.83. The maximum absolute atomic E-state index is 12.6. The van der Waals surface area contributed by atoms with E-state index in [-0.39, 0.29) is 16.1 Å². The molecule has 0 aliphatic rings. The van der Waals surface area contributed by atoms with Gasteiger partial charge in [-0.15, -0.1) is 0 Å². The molecule has 3 aromatic rings. The second-order valence-corrected chi connectivity index (χ2v) is 9.22. The molecule has 0 saturated heterocycles. The van der Waals surface area contributed by atoms with Crippen LogP contribution >= 0.6 is 15.9 Å². The lowest BCUT2D eigenvalue weighted by Crippen LogP contribution is -2.24. The first-order chi connectivity index (χ1) is 13.8. The van der Waals surface area contributed by atoms with E-state index in [0.29, 0.717) is 11.6 Å². The number of sulfonamides is 1. The van der Waals surface area contributed by atoms with Crippen molar-refractivity contribution in [2.45, 2.75) is 4.90 Å². The molecule has 0 spiro atoms. The van der Waals surface area contributed by atoms with Gasteiger partial charge in [0.15, 0.2) is 0 Å². The maximum Gasteiger partial charge on any atom is 0.257 e. The Morgan fingerprint density at radius 2 is 1.83 bits per heavy atom. The van der Waals surface area contributed by atoms with Crippen molar-refractivity contribution in [1.82, 2.24) is 9.29 Å². The van der Waals surface area contributed by atoms with Gasteiger partial charge in [-0.05, 0) is 36.4 Å². The molecule has 7 nitrogen and oxygen atoms in total. The molecule has 0 aliphatic heterocycles. The lowest BCUT2D eigenvalue weighted by molar-refractivity contribution is 0.102. The lowest BCUT2D eigenvalue weighted by Gasteiger charge is -2.15. The number of nitrogens with zero attached hydrogens (tertiary/aromatic N) is 2. The van der Waals surface area contributed by atoms with Gasteiger partial charge in [0.05, 0.1) is 11.3 Å². The molecule has 2 aromatic carbocycles. The number of para-hydroxylation sites is 1. The van der Waals surface area contributed by atoms with E-state index in [9.17, 15) is 13.2 Å². The Labute approximate surface area is 177 Å². The molecular formula is C20H18BrN3O4S. The van der Waals surface area contributed by atoms with Crippen LogP contribution in [0.1, 0.15) is 10.4 Å². The Morgan fingerprint density at radius 3 is 2.48 bits per heavy atom. The highest BCUT2D eigenvalue weighted by Gasteiger charge is 2.22. The van der Waals surface area contributed by atoms with Crippen LogP contribution in [0.5, 0.6) is 11.6 Å². The Morgan fingerprint density at radius 1 is 1.07 bits per heavy atom. The standard InChI is InChI=1S/C20H18BrN3O4S/c1-24(2)29(26,27)18-9-4-3-8-17(18)23-20(25)14-10-11-19(22-13-14)28-16-7-5-6-15(21)12-16/h3-13H,1-2H3,(H,23,25). The summed E-state index contributed by atoms with van der Waals surface area (Å²) in [6.07, 6.45) is 1.37. The number of amides is 1. The fourth-order valence-electron chi connectivity index (χ4n) is 2.41. The number of nitrogens with one attached hydrogen (secondary N) is 1. The van der Waals surface area contributed by atoms with Gasteiger partial charge in [0.1, 0.15) is 10.6 Å². The number of halogens is 1. The van der Waals surface area contributed by atoms with E-state index in [4.69, 9.17) is 4.74 Å². The molecular weight excluding hydrogens is 458 g/mol. The second-order valence-electron chi connectivity index (χ2n) is 6.18. The van der Waals surface area contributed by atoms with Crippen molar-refractivity contribution in [1.29, 1.82) is 0 Å². The van der Waals surface area contributed by atoms with Gasteiger partial charge < -0.3 is 10.1 Å². The van der Waals surface area contributed by atoms with Gasteiger partial charge in [0.2, 0.25) is 15.9 Å². The van der Waals surface area contributed by atoms with Gasteiger partial charge in [-0.2, -0.15) is 0 Å². The van der Waals surface area contributed by atoms with Crippen LogP contribution in [0.25, 0.3) is 0 Å². The molecule has 150 valence electrons. The monoisotopic (exact) mass is 475 g/mol. The molecule has 1 amide bonds. The largest absolute Gasteiger partial charge is 0.439 e. The molecule has 29 heavy (non-hydrogen) atoms. The van der Waals surface area contributed by atoms with Crippen molar-refractivity contribution in [3.05, 3.63) is 76.9 Å². The Bertz CT molecular complexity index is 1130. The van der Waals surface area contributed by atoms with E-state index in [1.807, 2.05) is 12.1 Å². The summed E-state index contributed by atoms with van der Waals surface area (Å²) < 4.78 is 32.5. The third kappa shape index (κ3) is 5.00. The molecule has 0 bridgehead atoms. The number of hydrogen-bond acceptors (Lipinski definition) is 5. The quantitative estimate of drug-likeness (QED) is 0.578. The number of rotatable bonds is 6. The summed E-state index contributed by atoms with van der Waals surface area (Å²) in [6.45, 7) is 0. The van der Waals surface area contributed by atoms with Crippen molar-refractivity contribution in [2.24, 2.45) is 0 Å². The Balaban J connectivity index is 1.77. The number of carbonyl (C=O) groups excluding carboxylic acids is 1. The van der Waals surface area contributed by atoms with Crippen molar-refractivity contribution in [3.8, 4) is 11.6 Å². The van der Waals surface area contributed by atoms with Crippen LogP contribution in [0.4, 0.5) is 5.69 Å². The predicted molar refractivity (Wildman–Crippen MR) is 114 cm³/mol. The van der Waals surface area contributed by atoms with Crippen molar-refractivity contribution in [3.63, 3.8) is 0 Å². The van der Waals surface area contributed by atoms with Gasteiger partial charge in [-0.25, -0.2) is 17.7 Å². The minimum Gasteiger partial charge on any atom is -0.439 e. The Kier molecular flexibility index (Phi) is 6.31. The van der Waals surface area contributed by atoms with Gasteiger partial charge in [-0.1, -0.05) is 34.1 Å². The summed E-state index contributed by atoms with van der Waals surface area (Å²) in [5.41, 5.74) is 0.462. The smallest absolute Gasteiger partial charge is 0.257 e. The molecule has 0 radical (unpaired) electrons. The van der Waals surface area contributed by atoms with E-state index < -0.39 is 15.9 Å². The average Bonchev–Trinajstić information content (AvgIpc) is 2.68. The zero-order chi connectivity index (χ0) is 21.0. The van der Waals surface area contributed by atoms with E-state index in [0.717, 1.165) is 8.78 Å². The summed E-state index contributed by atoms with van der Waals surface area (Å²) in [7, 11) is -0.836. The molecule has 0 saturated carbocycles. The van der Waals surface area contributed by atoms with Crippen LogP contribution < -0.4 is 10.1 Å². The molecule has 0 unspecified atom stereocenters. The summed E-state index contributed by atoms with van der Waals surface area (Å²) >= 11 is 3.37. The van der Waals surface area contributed by atoms with Crippen LogP contribution in [0, 0.1) is 0 Å². The maximum atomic E-state index is 12.6. The number of aromatic nitrogens is 1. The third-order valence-corrected chi connectivity index (χ3v) is 6.28. The topological polar surface area (TPSA) is 88.6 Å². The van der Waals surface area contributed by atoms with Gasteiger partial charge in [-0.3, -0.25) is 4.79 Å². The fraction of sp³-hybridized carbons (Fsp3) is 0.100. The minimum atomic E-state index is -3.70. The summed E-state index contributed by atoms with van der Waals surface area (Å²) in [5.74, 6) is 0.454. The molecule has 1 aromatic heterocycles. The first kappa shape index (κ1) is 21.0.